The molecule has 0 fully saturated rings. The summed E-state index contributed by atoms with van der Waals surface area (Å²) < 4.78 is 45.0. The first-order valence-corrected chi connectivity index (χ1v) is 15.3. The normalized spacial score (nSPS) is 14.4. The number of carbonyl (C=O) groups is 7. The smallest absolute Gasteiger partial charge is 0.417 e. The van der Waals surface area contributed by atoms with Crippen LogP contribution in [0.1, 0.15) is 58.9 Å². The number of fused-ring (bicyclic) bond motifs is 1. The summed E-state index contributed by atoms with van der Waals surface area (Å²) in [4.78, 5) is 98.7. The Morgan fingerprint density at radius 2 is 1.41 bits per heavy atom. The van der Waals surface area contributed by atoms with Gasteiger partial charge in [-0.15, -0.1) is 0 Å². The van der Waals surface area contributed by atoms with E-state index in [1.165, 1.54) is 0 Å². The van der Waals surface area contributed by atoms with Crippen LogP contribution in [0.15, 0.2) is 33.5 Å². The number of carbonyl (C=O) groups excluding carboxylic acids is 5. The molecule has 1 heterocycles. The molecular formula is C31H38F3N5O12. The number of carboxylic acid groups (broad SMARTS) is 2. The quantitative estimate of drug-likeness (QED) is 0.103. The molecule has 8 N–H and O–H groups in total. The van der Waals surface area contributed by atoms with Gasteiger partial charge < -0.3 is 46.3 Å². The first-order valence-electron chi connectivity index (χ1n) is 15.3. The summed E-state index contributed by atoms with van der Waals surface area (Å²) in [6.07, 6.45) is -8.66. The third-order valence-corrected chi connectivity index (χ3v) is 7.07. The number of alkyl halides is 3. The molecule has 5 amide bonds. The van der Waals surface area contributed by atoms with Crippen LogP contribution in [0.5, 0.6) is 0 Å². The first-order chi connectivity index (χ1) is 23.6. The Kier molecular flexibility index (Phi) is 14.6. The number of rotatable bonds is 17. The van der Waals surface area contributed by atoms with Crippen molar-refractivity contribution in [2.45, 2.75) is 89.8 Å². The SMILES string of the molecule is CC(=O)NC(CC(C)C)C(=O)NC(CCC(=O)O)C(=O)NC(C(=O)NC(CC(=O)O)C(=O)Nc1ccc2c(C(F)(F)F)cc(=O)oc2c1)C(C)O. The fourth-order valence-electron chi connectivity index (χ4n) is 4.77. The highest BCUT2D eigenvalue weighted by Gasteiger charge is 2.36. The number of hydrogen-bond acceptors (Lipinski definition) is 10. The van der Waals surface area contributed by atoms with Gasteiger partial charge in [0.2, 0.25) is 29.5 Å². The molecule has 0 saturated heterocycles. The minimum absolute atomic E-state index is 0.0951. The summed E-state index contributed by atoms with van der Waals surface area (Å²) in [5, 5.41) is 39.5. The fraction of sp³-hybridized carbons (Fsp3) is 0.484. The Morgan fingerprint density at radius 3 is 1.94 bits per heavy atom. The lowest BCUT2D eigenvalue weighted by molar-refractivity contribution is -0.141. The van der Waals surface area contributed by atoms with Crippen molar-refractivity contribution in [2.75, 3.05) is 5.32 Å². The van der Waals surface area contributed by atoms with E-state index in [2.05, 4.69) is 26.6 Å². The number of amides is 5. The average Bonchev–Trinajstić information content (AvgIpc) is 2.98. The van der Waals surface area contributed by atoms with Gasteiger partial charge in [-0.3, -0.25) is 33.6 Å². The van der Waals surface area contributed by atoms with Crippen molar-refractivity contribution in [3.05, 3.63) is 40.2 Å². The Morgan fingerprint density at radius 1 is 0.804 bits per heavy atom. The van der Waals surface area contributed by atoms with Crippen LogP contribution in [0.25, 0.3) is 11.0 Å². The lowest BCUT2D eigenvalue weighted by Crippen LogP contribution is -2.60. The summed E-state index contributed by atoms with van der Waals surface area (Å²) in [6, 6.07) is -3.52. The molecule has 0 spiro atoms. The maximum Gasteiger partial charge on any atom is 0.417 e. The third kappa shape index (κ3) is 13.0. The van der Waals surface area contributed by atoms with Crippen LogP contribution >= 0.6 is 0 Å². The van der Waals surface area contributed by atoms with Crippen LogP contribution in [-0.2, 0) is 39.7 Å². The zero-order valence-electron chi connectivity index (χ0n) is 27.8. The minimum atomic E-state index is -4.92. The second kappa shape index (κ2) is 17.9. The molecule has 0 aliphatic rings. The zero-order chi connectivity index (χ0) is 38.8. The molecular weight excluding hydrogens is 691 g/mol. The topological polar surface area (TPSA) is 271 Å². The predicted octanol–water partition coefficient (Wildman–Crippen LogP) is 0.476. The Bertz CT molecular complexity index is 1710. The van der Waals surface area contributed by atoms with Crippen molar-refractivity contribution >= 4 is 58.1 Å². The van der Waals surface area contributed by atoms with Gasteiger partial charge in [-0.2, -0.15) is 13.2 Å². The van der Waals surface area contributed by atoms with Gasteiger partial charge in [0.15, 0.2) is 0 Å². The Hall–Kier alpha value is -5.53. The summed E-state index contributed by atoms with van der Waals surface area (Å²) in [5.41, 5.74) is -3.47. The third-order valence-electron chi connectivity index (χ3n) is 7.07. The van der Waals surface area contributed by atoms with Gasteiger partial charge in [-0.25, -0.2) is 4.79 Å². The van der Waals surface area contributed by atoms with Crippen molar-refractivity contribution in [1.29, 1.82) is 0 Å². The van der Waals surface area contributed by atoms with Crippen LogP contribution in [0, 0.1) is 5.92 Å². The molecule has 2 rings (SSSR count). The predicted molar refractivity (Wildman–Crippen MR) is 170 cm³/mol. The zero-order valence-corrected chi connectivity index (χ0v) is 27.8. The van der Waals surface area contributed by atoms with E-state index in [4.69, 9.17) is 9.52 Å². The highest BCUT2D eigenvalue weighted by molar-refractivity contribution is 6.01. The average molecular weight is 730 g/mol. The second-order valence-electron chi connectivity index (χ2n) is 11.9. The number of benzene rings is 1. The molecule has 20 heteroatoms. The molecule has 1 aromatic carbocycles. The first kappa shape index (κ1) is 41.6. The highest BCUT2D eigenvalue weighted by Crippen LogP contribution is 2.34. The standard InChI is InChI=1S/C31H38F3N5O12/c1-13(2)9-20(35-15(4)41)29(49)37-19(7-8-23(42)43)27(47)39-26(14(3)40)30(50)38-21(12-24(44)45)28(48)36-16-5-6-17-18(31(32,33)34)11-25(46)51-22(17)10-16/h5-6,10-11,13-14,19-21,26,40H,7-9,12H2,1-4H3,(H,35,41)(H,36,48)(H,37,49)(H,38,50)(H,39,47)(H,42,43)(H,44,45). The number of aliphatic hydroxyl groups is 1. The number of halogens is 3. The molecule has 0 aliphatic carbocycles. The number of aliphatic carboxylic acids is 2. The monoisotopic (exact) mass is 729 g/mol. The van der Waals surface area contributed by atoms with Gasteiger partial charge in [-0.1, -0.05) is 13.8 Å². The number of hydrogen-bond donors (Lipinski definition) is 8. The van der Waals surface area contributed by atoms with Gasteiger partial charge in [0.25, 0.3) is 0 Å². The maximum atomic E-state index is 13.4. The molecule has 0 radical (unpaired) electrons. The number of aliphatic hydroxyl groups excluding tert-OH is 1. The molecule has 51 heavy (non-hydrogen) atoms. The van der Waals surface area contributed by atoms with Gasteiger partial charge in [0.05, 0.1) is 18.1 Å². The Balaban J connectivity index is 2.31. The van der Waals surface area contributed by atoms with E-state index in [0.717, 1.165) is 32.0 Å². The highest BCUT2D eigenvalue weighted by atomic mass is 19.4. The van der Waals surface area contributed by atoms with Gasteiger partial charge in [-0.05, 0) is 37.8 Å². The van der Waals surface area contributed by atoms with Crippen LogP contribution in [-0.4, -0.2) is 87.1 Å². The molecule has 5 atom stereocenters. The van der Waals surface area contributed by atoms with E-state index in [1.54, 1.807) is 13.8 Å². The summed E-state index contributed by atoms with van der Waals surface area (Å²) in [5.74, 6) is -8.09. The van der Waals surface area contributed by atoms with Crippen molar-refractivity contribution in [2.24, 2.45) is 5.92 Å². The van der Waals surface area contributed by atoms with E-state index < -0.39 is 119 Å². The van der Waals surface area contributed by atoms with Gasteiger partial charge >= 0.3 is 23.7 Å². The lowest BCUT2D eigenvalue weighted by Gasteiger charge is -2.27. The molecule has 2 aromatic rings. The lowest BCUT2D eigenvalue weighted by atomic mass is 10.0. The van der Waals surface area contributed by atoms with E-state index in [9.17, 15) is 61.7 Å². The van der Waals surface area contributed by atoms with E-state index >= 15 is 0 Å². The van der Waals surface area contributed by atoms with E-state index in [0.29, 0.717) is 0 Å². The molecule has 1 aromatic heterocycles. The van der Waals surface area contributed by atoms with E-state index in [1.807, 2.05) is 0 Å². The van der Waals surface area contributed by atoms with Crippen LogP contribution < -0.4 is 32.2 Å². The molecule has 0 bridgehead atoms. The van der Waals surface area contributed by atoms with Gasteiger partial charge in [0, 0.05) is 36.6 Å². The van der Waals surface area contributed by atoms with E-state index in [-0.39, 0.29) is 24.1 Å². The van der Waals surface area contributed by atoms with Crippen molar-refractivity contribution in [3.8, 4) is 0 Å². The van der Waals surface area contributed by atoms with Crippen molar-refractivity contribution in [1.82, 2.24) is 21.3 Å². The van der Waals surface area contributed by atoms with Crippen molar-refractivity contribution in [3.63, 3.8) is 0 Å². The number of anilines is 1. The molecule has 0 saturated carbocycles. The molecule has 5 unspecified atom stereocenters. The second-order valence-corrected chi connectivity index (χ2v) is 11.9. The van der Waals surface area contributed by atoms with Gasteiger partial charge in [0.1, 0.15) is 29.8 Å². The summed E-state index contributed by atoms with van der Waals surface area (Å²) in [7, 11) is 0. The summed E-state index contributed by atoms with van der Waals surface area (Å²) >= 11 is 0. The number of nitrogens with one attached hydrogen (secondary N) is 5. The van der Waals surface area contributed by atoms with Crippen LogP contribution in [0.4, 0.5) is 18.9 Å². The van der Waals surface area contributed by atoms with Crippen LogP contribution in [0.3, 0.4) is 0 Å². The fourth-order valence-corrected chi connectivity index (χ4v) is 4.77. The molecule has 280 valence electrons. The molecule has 17 nitrogen and oxygen atoms in total. The largest absolute Gasteiger partial charge is 0.481 e. The molecule has 0 aliphatic heterocycles. The van der Waals surface area contributed by atoms with Crippen LogP contribution in [0.2, 0.25) is 0 Å². The number of carboxylic acids is 2. The minimum Gasteiger partial charge on any atom is -0.481 e. The Labute approximate surface area is 287 Å². The maximum absolute atomic E-state index is 13.4. The summed E-state index contributed by atoms with van der Waals surface area (Å²) in [6.45, 7) is 5.73. The van der Waals surface area contributed by atoms with Crippen molar-refractivity contribution < 1.29 is 66.5 Å².